The molecule has 0 aliphatic heterocycles. The molecule has 0 radical (unpaired) electrons. The highest BCUT2D eigenvalue weighted by molar-refractivity contribution is 14.1. The summed E-state index contributed by atoms with van der Waals surface area (Å²) < 4.78 is 103. The molecule has 11 N–H and O–H groups in total. The minimum Gasteiger partial charge on any atom is -0.508 e. The topological polar surface area (TPSA) is 382 Å². The number of aryl methyl sites for hydroxylation is 8. The number of halogens is 3. The van der Waals surface area contributed by atoms with Gasteiger partial charge in [0.1, 0.15) is 69.7 Å². The van der Waals surface area contributed by atoms with Gasteiger partial charge in [0, 0.05) is 37.6 Å². The molecule has 0 heterocycles. The van der Waals surface area contributed by atoms with E-state index in [0.717, 1.165) is 123 Å². The van der Waals surface area contributed by atoms with Gasteiger partial charge in [-0.2, -0.15) is 0 Å². The van der Waals surface area contributed by atoms with Crippen LogP contribution in [0.15, 0.2) is 164 Å². The van der Waals surface area contributed by atoms with E-state index in [-0.39, 0.29) is 72.3 Å². The Morgan fingerprint density at radius 1 is 0.442 bits per heavy atom. The third-order valence-corrected chi connectivity index (χ3v) is 29.0. The minimum absolute atomic E-state index is 0.0662. The summed E-state index contributed by atoms with van der Waals surface area (Å²) in [6.07, 6.45) is 11.9. The van der Waals surface area contributed by atoms with E-state index in [2.05, 4.69) is 105 Å². The van der Waals surface area contributed by atoms with E-state index in [1.165, 1.54) is 61.5 Å². The molecule has 0 amide bonds. The molecular weight excluding hydrogens is 2030 g/mol. The Kier molecular flexibility index (Phi) is 42.0. The van der Waals surface area contributed by atoms with Crippen LogP contribution in [0.25, 0.3) is 0 Å². The molecule has 129 heavy (non-hydrogen) atoms. The summed E-state index contributed by atoms with van der Waals surface area (Å²) in [6, 6.07) is 43.7. The smallest absolute Gasteiger partial charge is 0.365 e. The normalized spacial score (nSPS) is 13.3. The van der Waals surface area contributed by atoms with E-state index in [1.54, 1.807) is 67.6 Å². The zero-order chi connectivity index (χ0) is 96.9. The Labute approximate surface area is 794 Å². The van der Waals surface area contributed by atoms with E-state index in [4.69, 9.17) is 32.7 Å². The van der Waals surface area contributed by atoms with E-state index in [9.17, 15) is 77.0 Å². The Hall–Kier alpha value is -6.88. The van der Waals surface area contributed by atoms with Crippen LogP contribution in [0.1, 0.15) is 177 Å². The van der Waals surface area contributed by atoms with E-state index >= 15 is 0 Å². The van der Waals surface area contributed by atoms with Crippen molar-refractivity contribution < 1.29 is 114 Å². The van der Waals surface area contributed by atoms with Crippen LogP contribution in [0.4, 0.5) is 0 Å². The van der Waals surface area contributed by atoms with Gasteiger partial charge in [-0.25, -0.2) is 8.42 Å². The van der Waals surface area contributed by atoms with Gasteiger partial charge in [0.25, 0.3) is 0 Å². The number of hydrogen-bond donors (Lipinski definition) is 11. The number of hydrogen-bond acceptors (Lipinski definition) is 22. The van der Waals surface area contributed by atoms with E-state index in [1.807, 2.05) is 142 Å². The first-order valence-electron chi connectivity index (χ1n) is 40.8. The quantitative estimate of drug-likeness (QED) is 0.0103. The number of thioether (sulfide) groups is 1. The zero-order valence-corrected chi connectivity index (χ0v) is 87.9. The van der Waals surface area contributed by atoms with Gasteiger partial charge in [-0.3, -0.25) is 13.7 Å². The molecule has 4 unspecified atom stereocenters. The molecule has 34 heteroatoms. The molecule has 4 atom stereocenters. The summed E-state index contributed by atoms with van der Waals surface area (Å²) in [6.45, 7) is 31.3. The van der Waals surface area contributed by atoms with Crippen molar-refractivity contribution in [2.75, 3.05) is 65.4 Å². The standard InChI is InChI=1S/C21H29O5P.C20H26IO4P.C19H25O4PS.C18H23O6PS.C17H19Br2O5P/c1-6-26-27(23,24)13-25-18-9-15(4)20(16(5)10-18)12-17-7-8-21(22)19(11-17)14(2)3;1-12(2)17-8-15(10-19(21)20(17)22)9-18-13(3)6-16(7-14(18)4)25-11-26(5,23)24;1-13-8-16(23-12-24(4,21)22-3)9-14(2)17(13)10-15-6-7-18(20)19(11-15)25-5;1-12-7-15(24-11-25(3,20)21)8-13(2)16(12)9-14-5-6-17(19)18(10-14)26(4,22)23;1-10(2)13-8-12(4-5-16(13)20)24-17-14(18)6-11(7-15(17)19)9-25(21,22)23-3/h7-11,14,22H,6,12-13H2,1-5H3,(H,23,24);6-8,10,12,22H,9,11H2,1-5H3,(H,23,24);6-9,11,20-21H,4,10,12H2,1-3,5H3;5-8,10,19-21H,3,9,11H2,1-2,4H3;4-8,10,20H,9H2,1-3H3,(H,21,22). The fraction of sp³-hybridized carbons (Fsp3) is 0.347. The van der Waals surface area contributed by atoms with Gasteiger partial charge >= 0.3 is 15.2 Å². The monoisotopic (exact) mass is 2150 g/mol. The van der Waals surface area contributed by atoms with Crippen molar-refractivity contribution in [2.45, 2.75) is 163 Å². The van der Waals surface area contributed by atoms with Crippen LogP contribution in [0.3, 0.4) is 0 Å². The highest BCUT2D eigenvalue weighted by Gasteiger charge is 2.25. The average molecular weight is 2150 g/mol. The fourth-order valence-corrected chi connectivity index (χ4v) is 19.8. The van der Waals surface area contributed by atoms with Crippen molar-refractivity contribution >= 4 is 126 Å². The second kappa shape index (κ2) is 48.9. The van der Waals surface area contributed by atoms with Gasteiger partial charge < -0.3 is 92.1 Å². The van der Waals surface area contributed by atoms with Gasteiger partial charge in [0.2, 0.25) is 7.37 Å². The molecule has 10 aromatic rings. The summed E-state index contributed by atoms with van der Waals surface area (Å²) >= 11 is 10.6. The molecule has 0 saturated heterocycles. The summed E-state index contributed by atoms with van der Waals surface area (Å²) in [5.74, 6) is 5.15. The zero-order valence-electron chi connectivity index (χ0n) is 76.5. The molecule has 0 saturated carbocycles. The molecule has 0 spiro atoms. The maximum atomic E-state index is 11.8. The second-order valence-corrected chi connectivity index (χ2v) is 48.7. The van der Waals surface area contributed by atoms with E-state index < -0.39 is 47.1 Å². The fourth-order valence-electron chi connectivity index (χ4n) is 13.5. The number of rotatable bonds is 33. The number of sulfone groups is 1. The molecule has 0 aromatic heterocycles. The van der Waals surface area contributed by atoms with Crippen LogP contribution in [0.5, 0.6) is 63.2 Å². The van der Waals surface area contributed by atoms with Crippen LogP contribution in [0.2, 0.25) is 0 Å². The number of benzene rings is 10. The van der Waals surface area contributed by atoms with Crippen LogP contribution >= 0.6 is 103 Å². The van der Waals surface area contributed by atoms with Crippen LogP contribution in [-0.2, 0) is 68.9 Å². The Morgan fingerprint density at radius 3 is 1.21 bits per heavy atom. The molecular formula is C95H122Br2IO24P5S2. The summed E-state index contributed by atoms with van der Waals surface area (Å²) in [5.41, 5.74) is 20.5. The predicted molar refractivity (Wildman–Crippen MR) is 539 cm³/mol. The minimum atomic E-state index is -3.72. The average Bonchev–Trinajstić information content (AvgIpc) is 0.804. The molecule has 704 valence electrons. The number of aromatic hydroxyl groups is 5. The van der Waals surface area contributed by atoms with Gasteiger partial charge in [0.15, 0.2) is 48.3 Å². The van der Waals surface area contributed by atoms with Gasteiger partial charge in [-0.15, -0.1) is 11.8 Å². The lowest BCUT2D eigenvalue weighted by molar-refractivity contribution is 0.240. The number of ether oxygens (including phenoxy) is 5. The SMILES string of the molecule is C=P(O)(COc1cc(C)c(Cc2ccc(O)c(SC)c2)c(C)c1)OC.C=P(O)(O)COc1cc(C)c(Cc2ccc(O)c(S(C)(=O)=O)c2)c(C)c1.CCOP(=O)(O)COc1cc(C)c(Cc2ccc(O)c(C(C)C)c2)c(C)c1.COP(=O)(O)Cc1cc(Br)c(Oc2ccc(O)c(C(C)C)c2)c(Br)c1.Cc1cc(OCP(C)(=O)O)cc(C)c1Cc1cc(I)c(O)c(C(C)C)c1. The lowest BCUT2D eigenvalue weighted by atomic mass is 9.93. The third-order valence-electron chi connectivity index (χ3n) is 20.3. The molecule has 10 rings (SSSR count). The molecule has 0 aliphatic rings. The Bertz CT molecular complexity index is 5860. The highest BCUT2D eigenvalue weighted by Crippen LogP contribution is 2.49. The third kappa shape index (κ3) is 35.5. The lowest BCUT2D eigenvalue weighted by Gasteiger charge is -2.18. The van der Waals surface area contributed by atoms with Crippen molar-refractivity contribution in [3.8, 4) is 63.2 Å². The first-order valence-corrected chi connectivity index (χ1v) is 56.5. The maximum Gasteiger partial charge on any atom is 0.365 e. The van der Waals surface area contributed by atoms with Crippen LogP contribution < -0.4 is 23.7 Å². The molecule has 0 aliphatic carbocycles. The molecule has 0 bridgehead atoms. The van der Waals surface area contributed by atoms with Crippen molar-refractivity contribution in [1.29, 1.82) is 0 Å². The van der Waals surface area contributed by atoms with Crippen molar-refractivity contribution in [3.63, 3.8) is 0 Å². The number of phenolic OH excluding ortho intramolecular Hbond substituents is 5. The van der Waals surface area contributed by atoms with Crippen molar-refractivity contribution in [3.05, 3.63) is 269 Å². The highest BCUT2D eigenvalue weighted by atomic mass is 127. The Morgan fingerprint density at radius 2 is 0.814 bits per heavy atom. The first kappa shape index (κ1) is 111. The number of phenols is 5. The molecule has 24 nitrogen and oxygen atoms in total. The summed E-state index contributed by atoms with van der Waals surface area (Å²) in [4.78, 5) is 58.0. The van der Waals surface area contributed by atoms with Gasteiger partial charge in [-0.05, 0) is 400 Å². The Balaban J connectivity index is 0.000000249. The van der Waals surface area contributed by atoms with Crippen molar-refractivity contribution in [2.24, 2.45) is 0 Å². The molecule has 10 aromatic carbocycles. The predicted octanol–water partition coefficient (Wildman–Crippen LogP) is 24.2. The summed E-state index contributed by atoms with van der Waals surface area (Å²) in [5, 5.41) is 49.8. The van der Waals surface area contributed by atoms with Crippen LogP contribution in [0, 0.1) is 59.0 Å². The van der Waals surface area contributed by atoms with E-state index in [0.29, 0.717) is 72.7 Å². The van der Waals surface area contributed by atoms with Gasteiger partial charge in [-0.1, -0.05) is 71.9 Å². The van der Waals surface area contributed by atoms with Crippen molar-refractivity contribution in [1.82, 2.24) is 0 Å². The molecule has 0 fully saturated rings. The second-order valence-electron chi connectivity index (χ2n) is 32.6. The van der Waals surface area contributed by atoms with Crippen LogP contribution in [-0.4, -0.2) is 141 Å². The summed E-state index contributed by atoms with van der Waals surface area (Å²) in [7, 11) is -17.4. The van der Waals surface area contributed by atoms with Gasteiger partial charge in [0.05, 0.1) is 25.3 Å². The lowest BCUT2D eigenvalue weighted by Crippen LogP contribution is -2.04. The maximum absolute atomic E-state index is 11.8. The first-order chi connectivity index (χ1) is 59.8. The largest absolute Gasteiger partial charge is 0.508 e.